The smallest absolute Gasteiger partial charge is 0.217 e. The fourth-order valence-corrected chi connectivity index (χ4v) is 1.91. The van der Waals surface area contributed by atoms with Gasteiger partial charge in [0, 0.05) is 13.0 Å². The second kappa shape index (κ2) is 7.84. The van der Waals surface area contributed by atoms with E-state index < -0.39 is 0 Å². The number of carbonyl (C=O) groups excluding carboxylic acids is 1. The average molecular weight is 199 g/mol. The van der Waals surface area contributed by atoms with Crippen molar-refractivity contribution in [2.45, 2.75) is 65.8 Å². The van der Waals surface area contributed by atoms with Gasteiger partial charge in [-0.2, -0.15) is 0 Å². The van der Waals surface area contributed by atoms with Crippen molar-refractivity contribution in [1.82, 2.24) is 5.32 Å². The zero-order valence-electron chi connectivity index (χ0n) is 10.1. The quantitative estimate of drug-likeness (QED) is 0.670. The number of hydrogen-bond acceptors (Lipinski definition) is 1. The van der Waals surface area contributed by atoms with Crippen molar-refractivity contribution in [2.24, 2.45) is 5.92 Å². The monoisotopic (exact) mass is 199 g/mol. The van der Waals surface area contributed by atoms with E-state index >= 15 is 0 Å². The summed E-state index contributed by atoms with van der Waals surface area (Å²) in [6, 6.07) is 0.379. The summed E-state index contributed by atoms with van der Waals surface area (Å²) in [4.78, 5) is 10.9. The summed E-state index contributed by atoms with van der Waals surface area (Å²) in [5.74, 6) is 0.875. The molecule has 0 radical (unpaired) electrons. The molecule has 0 heterocycles. The molecule has 1 amide bonds. The van der Waals surface area contributed by atoms with Crippen LogP contribution in [0.15, 0.2) is 0 Å². The maximum atomic E-state index is 10.9. The number of hydrogen-bond donors (Lipinski definition) is 1. The molecule has 2 unspecified atom stereocenters. The van der Waals surface area contributed by atoms with Crippen LogP contribution in [0.2, 0.25) is 0 Å². The molecule has 1 N–H and O–H groups in total. The molecule has 2 nitrogen and oxygen atoms in total. The van der Waals surface area contributed by atoms with E-state index in [1.54, 1.807) is 6.92 Å². The van der Waals surface area contributed by atoms with Crippen molar-refractivity contribution in [3.05, 3.63) is 0 Å². The molecule has 84 valence electrons. The Hall–Kier alpha value is -0.530. The third-order valence-electron chi connectivity index (χ3n) is 2.79. The standard InChI is InChI=1S/C12H25NO/c1-5-8-11(6-2)9-12(7-3)13-10(4)14/h11-12H,5-9H2,1-4H3,(H,13,14). The Bertz CT molecular complexity index is 156. The van der Waals surface area contributed by atoms with Crippen molar-refractivity contribution in [2.75, 3.05) is 0 Å². The fourth-order valence-electron chi connectivity index (χ4n) is 1.91. The maximum absolute atomic E-state index is 10.9. The summed E-state index contributed by atoms with van der Waals surface area (Å²) in [5.41, 5.74) is 0. The van der Waals surface area contributed by atoms with E-state index in [2.05, 4.69) is 26.1 Å². The van der Waals surface area contributed by atoms with E-state index in [9.17, 15) is 4.79 Å². The van der Waals surface area contributed by atoms with Crippen molar-refractivity contribution in [1.29, 1.82) is 0 Å². The number of carbonyl (C=O) groups is 1. The van der Waals surface area contributed by atoms with Crippen LogP contribution < -0.4 is 5.32 Å². The van der Waals surface area contributed by atoms with Gasteiger partial charge in [0.25, 0.3) is 0 Å². The van der Waals surface area contributed by atoms with Crippen LogP contribution in [-0.2, 0) is 4.79 Å². The van der Waals surface area contributed by atoms with Crippen LogP contribution in [0.5, 0.6) is 0 Å². The van der Waals surface area contributed by atoms with E-state index in [-0.39, 0.29) is 5.91 Å². The molecule has 2 atom stereocenters. The highest BCUT2D eigenvalue weighted by Gasteiger charge is 2.13. The van der Waals surface area contributed by atoms with Gasteiger partial charge in [0.15, 0.2) is 0 Å². The maximum Gasteiger partial charge on any atom is 0.217 e. The Balaban J connectivity index is 3.93. The van der Waals surface area contributed by atoms with Gasteiger partial charge >= 0.3 is 0 Å². The zero-order valence-corrected chi connectivity index (χ0v) is 10.1. The van der Waals surface area contributed by atoms with E-state index in [4.69, 9.17) is 0 Å². The van der Waals surface area contributed by atoms with Gasteiger partial charge in [-0.3, -0.25) is 4.79 Å². The lowest BCUT2D eigenvalue weighted by Crippen LogP contribution is -2.34. The molecule has 0 rings (SSSR count). The normalized spacial score (nSPS) is 14.9. The minimum Gasteiger partial charge on any atom is -0.354 e. The first kappa shape index (κ1) is 13.5. The largest absolute Gasteiger partial charge is 0.354 e. The van der Waals surface area contributed by atoms with Gasteiger partial charge in [-0.05, 0) is 18.8 Å². The second-order valence-electron chi connectivity index (χ2n) is 4.10. The molecule has 0 saturated heterocycles. The number of rotatable bonds is 7. The fraction of sp³-hybridized carbons (Fsp3) is 0.917. The lowest BCUT2D eigenvalue weighted by atomic mass is 9.92. The Kier molecular flexibility index (Phi) is 7.54. The van der Waals surface area contributed by atoms with Gasteiger partial charge in [-0.25, -0.2) is 0 Å². The number of nitrogens with one attached hydrogen (secondary N) is 1. The lowest BCUT2D eigenvalue weighted by molar-refractivity contribution is -0.119. The molecule has 0 spiro atoms. The van der Waals surface area contributed by atoms with Gasteiger partial charge in [0.05, 0.1) is 0 Å². The molecule has 0 aromatic heterocycles. The first-order valence-corrected chi connectivity index (χ1v) is 5.91. The van der Waals surface area contributed by atoms with Crippen LogP contribution in [0.4, 0.5) is 0 Å². The van der Waals surface area contributed by atoms with E-state index in [0.717, 1.165) is 18.8 Å². The highest BCUT2D eigenvalue weighted by atomic mass is 16.1. The highest BCUT2D eigenvalue weighted by molar-refractivity contribution is 5.73. The summed E-state index contributed by atoms with van der Waals surface area (Å²) >= 11 is 0. The van der Waals surface area contributed by atoms with Gasteiger partial charge in [-0.15, -0.1) is 0 Å². The lowest BCUT2D eigenvalue weighted by Gasteiger charge is -2.21. The van der Waals surface area contributed by atoms with Crippen LogP contribution in [0.25, 0.3) is 0 Å². The van der Waals surface area contributed by atoms with Crippen LogP contribution >= 0.6 is 0 Å². The third kappa shape index (κ3) is 6.01. The minimum atomic E-state index is 0.100. The molecule has 14 heavy (non-hydrogen) atoms. The summed E-state index contributed by atoms with van der Waals surface area (Å²) < 4.78 is 0. The van der Waals surface area contributed by atoms with Crippen LogP contribution in [-0.4, -0.2) is 11.9 Å². The predicted octanol–water partition coefficient (Wildman–Crippen LogP) is 3.12. The molecule has 0 aliphatic carbocycles. The molecule has 0 bridgehead atoms. The zero-order chi connectivity index (χ0) is 11.0. The first-order chi connectivity index (χ1) is 6.63. The summed E-state index contributed by atoms with van der Waals surface area (Å²) in [6.45, 7) is 8.20. The summed E-state index contributed by atoms with van der Waals surface area (Å²) in [6.07, 6.45) is 5.94. The molecule has 0 aliphatic rings. The Morgan fingerprint density at radius 2 is 1.86 bits per heavy atom. The van der Waals surface area contributed by atoms with Gasteiger partial charge < -0.3 is 5.32 Å². The minimum absolute atomic E-state index is 0.100. The first-order valence-electron chi connectivity index (χ1n) is 5.91. The second-order valence-corrected chi connectivity index (χ2v) is 4.10. The van der Waals surface area contributed by atoms with E-state index in [1.807, 2.05) is 0 Å². The average Bonchev–Trinajstić information content (AvgIpc) is 2.15. The van der Waals surface area contributed by atoms with E-state index in [1.165, 1.54) is 19.3 Å². The van der Waals surface area contributed by atoms with Crippen LogP contribution in [0.1, 0.15) is 59.8 Å². The summed E-state index contributed by atoms with van der Waals surface area (Å²) in [7, 11) is 0. The molecule has 0 aliphatic heterocycles. The SMILES string of the molecule is CCCC(CC)CC(CC)NC(C)=O. The van der Waals surface area contributed by atoms with Crippen molar-refractivity contribution in [3.8, 4) is 0 Å². The predicted molar refractivity (Wildman–Crippen MR) is 61.2 cm³/mol. The molecule has 0 aromatic rings. The van der Waals surface area contributed by atoms with Crippen LogP contribution in [0.3, 0.4) is 0 Å². The van der Waals surface area contributed by atoms with Gasteiger partial charge in [0.1, 0.15) is 0 Å². The van der Waals surface area contributed by atoms with Crippen LogP contribution in [0, 0.1) is 5.92 Å². The van der Waals surface area contributed by atoms with Crippen molar-refractivity contribution < 1.29 is 4.79 Å². The summed E-state index contributed by atoms with van der Waals surface area (Å²) in [5, 5.41) is 3.01. The Morgan fingerprint density at radius 1 is 1.21 bits per heavy atom. The number of amides is 1. The Morgan fingerprint density at radius 3 is 2.21 bits per heavy atom. The van der Waals surface area contributed by atoms with Gasteiger partial charge in [-0.1, -0.05) is 40.0 Å². The van der Waals surface area contributed by atoms with Crippen molar-refractivity contribution >= 4 is 5.91 Å². The Labute approximate surface area is 88.5 Å². The van der Waals surface area contributed by atoms with E-state index in [0.29, 0.717) is 6.04 Å². The molecule has 0 aromatic carbocycles. The molecular formula is C12H25NO. The topological polar surface area (TPSA) is 29.1 Å². The molecule has 2 heteroatoms. The molecular weight excluding hydrogens is 174 g/mol. The highest BCUT2D eigenvalue weighted by Crippen LogP contribution is 2.18. The van der Waals surface area contributed by atoms with Gasteiger partial charge in [0.2, 0.25) is 5.91 Å². The van der Waals surface area contributed by atoms with Crippen molar-refractivity contribution in [3.63, 3.8) is 0 Å². The molecule has 0 fully saturated rings. The third-order valence-corrected chi connectivity index (χ3v) is 2.79. The molecule has 0 saturated carbocycles.